The molecule has 8 heteroatoms. The van der Waals surface area contributed by atoms with Crippen LogP contribution >= 0.6 is 11.3 Å². The van der Waals surface area contributed by atoms with Gasteiger partial charge in [0.1, 0.15) is 0 Å². The van der Waals surface area contributed by atoms with Crippen molar-refractivity contribution in [3.05, 3.63) is 52.5 Å². The van der Waals surface area contributed by atoms with E-state index >= 15 is 0 Å². The maximum Gasteiger partial charge on any atom is 0.312 e. The number of nitrogens with two attached hydrogens (primary N) is 1. The second-order valence-electron chi connectivity index (χ2n) is 5.87. The molecule has 2 aromatic rings. The summed E-state index contributed by atoms with van der Waals surface area (Å²) in [5.41, 5.74) is 6.28. The maximum atomic E-state index is 13.0. The van der Waals surface area contributed by atoms with Gasteiger partial charge in [-0.2, -0.15) is 0 Å². The predicted octanol–water partition coefficient (Wildman–Crippen LogP) is 1.42. The van der Waals surface area contributed by atoms with Gasteiger partial charge in [-0.05, 0) is 23.1 Å². The van der Waals surface area contributed by atoms with Gasteiger partial charge in [0, 0.05) is 36.9 Å². The number of amides is 3. The molecule has 3 rings (SSSR count). The van der Waals surface area contributed by atoms with Gasteiger partial charge in [-0.15, -0.1) is 11.3 Å². The van der Waals surface area contributed by atoms with E-state index in [1.54, 1.807) is 12.4 Å². The third-order valence-electron chi connectivity index (χ3n) is 4.21. The van der Waals surface area contributed by atoms with Gasteiger partial charge in [-0.3, -0.25) is 9.78 Å². The molecule has 0 saturated carbocycles. The molecule has 7 nitrogen and oxygen atoms in total. The molecule has 1 aliphatic heterocycles. The van der Waals surface area contributed by atoms with Gasteiger partial charge in [-0.1, -0.05) is 12.1 Å². The summed E-state index contributed by atoms with van der Waals surface area (Å²) in [6.07, 6.45) is 3.69. The van der Waals surface area contributed by atoms with Crippen LogP contribution in [0.3, 0.4) is 0 Å². The van der Waals surface area contributed by atoms with Crippen molar-refractivity contribution in [2.75, 3.05) is 19.6 Å². The Labute approximate surface area is 150 Å². The molecule has 0 radical (unpaired) electrons. The molecule has 0 aliphatic carbocycles. The molecule has 3 amide bonds. The predicted molar refractivity (Wildman–Crippen MR) is 96.0 cm³/mol. The van der Waals surface area contributed by atoms with Crippen LogP contribution in [0.1, 0.15) is 28.9 Å². The number of thiophene rings is 1. The third kappa shape index (κ3) is 4.34. The van der Waals surface area contributed by atoms with Gasteiger partial charge >= 0.3 is 6.03 Å². The summed E-state index contributed by atoms with van der Waals surface area (Å²) in [5.74, 6) is -0.0116. The van der Waals surface area contributed by atoms with E-state index in [0.29, 0.717) is 13.1 Å². The first kappa shape index (κ1) is 17.4. The molecule has 2 aromatic heterocycles. The van der Waals surface area contributed by atoms with Crippen LogP contribution in [0.15, 0.2) is 42.0 Å². The summed E-state index contributed by atoms with van der Waals surface area (Å²) in [5, 5.41) is 7.92. The fourth-order valence-electron chi connectivity index (χ4n) is 3.05. The molecule has 4 N–H and O–H groups in total. The Balaban J connectivity index is 1.76. The highest BCUT2D eigenvalue weighted by molar-refractivity contribution is 7.10. The molecule has 2 atom stereocenters. The highest BCUT2D eigenvalue weighted by Crippen LogP contribution is 2.27. The first-order valence-corrected chi connectivity index (χ1v) is 9.02. The minimum absolute atomic E-state index is 0.0116. The van der Waals surface area contributed by atoms with Crippen molar-refractivity contribution in [2.45, 2.75) is 18.5 Å². The highest BCUT2D eigenvalue weighted by atomic mass is 32.1. The molecule has 132 valence electrons. The van der Waals surface area contributed by atoms with E-state index in [4.69, 9.17) is 5.73 Å². The molecule has 3 heterocycles. The lowest BCUT2D eigenvalue weighted by Gasteiger charge is -2.37. The number of piperazine rings is 1. The Morgan fingerprint density at radius 1 is 1.44 bits per heavy atom. The monoisotopic (exact) mass is 359 g/mol. The molecule has 0 spiro atoms. The number of carbonyl (C=O) groups is 2. The van der Waals surface area contributed by atoms with Gasteiger partial charge in [0.15, 0.2) is 0 Å². The Bertz CT molecular complexity index is 707. The number of primary amides is 1. The summed E-state index contributed by atoms with van der Waals surface area (Å²) >= 11 is 1.50. The van der Waals surface area contributed by atoms with Crippen molar-refractivity contribution < 1.29 is 9.59 Å². The van der Waals surface area contributed by atoms with E-state index in [-0.39, 0.29) is 18.4 Å². The van der Waals surface area contributed by atoms with Crippen LogP contribution < -0.4 is 16.4 Å². The van der Waals surface area contributed by atoms with Gasteiger partial charge in [-0.25, -0.2) is 4.79 Å². The zero-order chi connectivity index (χ0) is 17.6. The lowest BCUT2D eigenvalue weighted by atomic mass is 10.0. The largest absolute Gasteiger partial charge is 0.352 e. The SMILES string of the molecule is NC(=O)NC(CC(=O)N1CCNCC1c1cccnc1)c1cccs1. The van der Waals surface area contributed by atoms with Gasteiger partial charge in [0.2, 0.25) is 5.91 Å². The minimum atomic E-state index is -0.629. The number of hydrogen-bond donors (Lipinski definition) is 3. The number of nitrogens with zero attached hydrogens (tertiary/aromatic N) is 2. The van der Waals surface area contributed by atoms with Crippen molar-refractivity contribution in [3.8, 4) is 0 Å². The van der Waals surface area contributed by atoms with Crippen LogP contribution in [0, 0.1) is 0 Å². The number of aromatic nitrogens is 1. The average molecular weight is 359 g/mol. The number of urea groups is 1. The van der Waals surface area contributed by atoms with Crippen molar-refractivity contribution in [2.24, 2.45) is 5.73 Å². The van der Waals surface area contributed by atoms with Crippen molar-refractivity contribution in [1.82, 2.24) is 20.5 Å². The molecular weight excluding hydrogens is 338 g/mol. The summed E-state index contributed by atoms with van der Waals surface area (Å²) in [7, 11) is 0. The number of rotatable bonds is 5. The second-order valence-corrected chi connectivity index (χ2v) is 6.85. The molecule has 0 bridgehead atoms. The molecule has 1 aliphatic rings. The van der Waals surface area contributed by atoms with Gasteiger partial charge < -0.3 is 21.3 Å². The lowest BCUT2D eigenvalue weighted by Crippen LogP contribution is -2.49. The van der Waals surface area contributed by atoms with Gasteiger partial charge in [0.05, 0.1) is 18.5 Å². The first-order valence-electron chi connectivity index (χ1n) is 8.14. The summed E-state index contributed by atoms with van der Waals surface area (Å²) in [6, 6.07) is 6.54. The second kappa shape index (κ2) is 8.09. The Morgan fingerprint density at radius 3 is 3.00 bits per heavy atom. The molecule has 0 aromatic carbocycles. The summed E-state index contributed by atoms with van der Waals surface area (Å²) < 4.78 is 0. The van der Waals surface area contributed by atoms with Crippen molar-refractivity contribution in [3.63, 3.8) is 0 Å². The van der Waals surface area contributed by atoms with Crippen molar-refractivity contribution >= 4 is 23.3 Å². The van der Waals surface area contributed by atoms with Gasteiger partial charge in [0.25, 0.3) is 0 Å². The number of pyridine rings is 1. The van der Waals surface area contributed by atoms with E-state index < -0.39 is 12.1 Å². The zero-order valence-corrected chi connectivity index (χ0v) is 14.5. The number of carbonyl (C=O) groups excluding carboxylic acids is 2. The normalized spacial score (nSPS) is 18.6. The molecule has 1 fully saturated rings. The maximum absolute atomic E-state index is 13.0. The zero-order valence-electron chi connectivity index (χ0n) is 13.7. The smallest absolute Gasteiger partial charge is 0.312 e. The van der Waals surface area contributed by atoms with Crippen LogP contribution in [-0.4, -0.2) is 41.5 Å². The molecule has 2 unspecified atom stereocenters. The fourth-order valence-corrected chi connectivity index (χ4v) is 3.83. The molecule has 25 heavy (non-hydrogen) atoms. The van der Waals surface area contributed by atoms with E-state index in [1.807, 2.05) is 34.5 Å². The van der Waals surface area contributed by atoms with E-state index in [2.05, 4.69) is 15.6 Å². The Hall–Kier alpha value is -2.45. The van der Waals surface area contributed by atoms with E-state index in [0.717, 1.165) is 17.0 Å². The third-order valence-corrected chi connectivity index (χ3v) is 5.20. The number of nitrogens with one attached hydrogen (secondary N) is 2. The van der Waals surface area contributed by atoms with Crippen LogP contribution in [-0.2, 0) is 4.79 Å². The van der Waals surface area contributed by atoms with Crippen LogP contribution in [0.4, 0.5) is 4.79 Å². The summed E-state index contributed by atoms with van der Waals surface area (Å²) in [6.45, 7) is 2.05. The first-order chi connectivity index (χ1) is 12.1. The topological polar surface area (TPSA) is 100 Å². The molecular formula is C17H21N5O2S. The van der Waals surface area contributed by atoms with Crippen LogP contribution in [0.2, 0.25) is 0 Å². The van der Waals surface area contributed by atoms with E-state index in [9.17, 15) is 9.59 Å². The van der Waals surface area contributed by atoms with Crippen molar-refractivity contribution in [1.29, 1.82) is 0 Å². The van der Waals surface area contributed by atoms with Crippen LogP contribution in [0.5, 0.6) is 0 Å². The van der Waals surface area contributed by atoms with Crippen LogP contribution in [0.25, 0.3) is 0 Å². The minimum Gasteiger partial charge on any atom is -0.352 e. The summed E-state index contributed by atoms with van der Waals surface area (Å²) in [4.78, 5) is 31.2. The quantitative estimate of drug-likeness (QED) is 0.751. The average Bonchev–Trinajstić information content (AvgIpc) is 3.16. The fraction of sp³-hybridized carbons (Fsp3) is 0.353. The Kier molecular flexibility index (Phi) is 5.62. The lowest BCUT2D eigenvalue weighted by molar-refractivity contribution is -0.135. The highest BCUT2D eigenvalue weighted by Gasteiger charge is 2.30. The molecule has 1 saturated heterocycles. The standard InChI is InChI=1S/C17H21N5O2S/c18-17(24)21-13(15-4-2-8-25-15)9-16(23)22-7-6-20-11-14(22)12-3-1-5-19-10-12/h1-5,8,10,13-14,20H,6-7,9,11H2,(H3,18,21,24). The number of hydrogen-bond acceptors (Lipinski definition) is 5. The Morgan fingerprint density at radius 2 is 2.32 bits per heavy atom. The van der Waals surface area contributed by atoms with E-state index in [1.165, 1.54) is 11.3 Å².